The predicted octanol–water partition coefficient (Wildman–Crippen LogP) is 2.83. The summed E-state index contributed by atoms with van der Waals surface area (Å²) < 4.78 is 12.4. The summed E-state index contributed by atoms with van der Waals surface area (Å²) in [6.45, 7) is 2.10. The van der Waals surface area contributed by atoms with Gasteiger partial charge in [0, 0.05) is 48.6 Å². The van der Waals surface area contributed by atoms with E-state index in [0.717, 1.165) is 22.4 Å². The Labute approximate surface area is 191 Å². The lowest BCUT2D eigenvalue weighted by Crippen LogP contribution is -2.13. The summed E-state index contributed by atoms with van der Waals surface area (Å²) in [5.74, 6) is -0.592. The average molecular weight is 444 g/mol. The third kappa shape index (κ3) is 5.28. The number of aromatic nitrogens is 5. The molecule has 9 heteroatoms. The molecule has 33 heavy (non-hydrogen) atoms. The lowest BCUT2D eigenvalue weighted by Gasteiger charge is -2.10. The van der Waals surface area contributed by atoms with Gasteiger partial charge in [-0.3, -0.25) is 19.4 Å². The molecule has 0 spiro atoms. The van der Waals surface area contributed by atoms with Crippen LogP contribution in [-0.2, 0) is 16.0 Å². The highest BCUT2D eigenvalue weighted by molar-refractivity contribution is 5.94. The standard InChI is InChI=1S/C24H24N6O3/c1-32-14-15-33-13-12-30-16-19(23(29-30)20-4-2-3-9-27-20)18-5-6-21(24(25)31)28-22(18)17-7-10-26-11-8-17/h2-11,16H,12-15H2,1H3,(H2,25,31). The predicted molar refractivity (Wildman–Crippen MR) is 123 cm³/mol. The quantitative estimate of drug-likeness (QED) is 0.374. The van der Waals surface area contributed by atoms with Crippen LogP contribution in [0.3, 0.4) is 0 Å². The molecule has 0 saturated carbocycles. The Hall–Kier alpha value is -3.95. The number of nitrogens with zero attached hydrogens (tertiary/aromatic N) is 5. The Kier molecular flexibility index (Phi) is 7.13. The Morgan fingerprint density at radius 2 is 1.82 bits per heavy atom. The van der Waals surface area contributed by atoms with E-state index in [1.807, 2.05) is 47.3 Å². The van der Waals surface area contributed by atoms with Crippen molar-refractivity contribution in [2.45, 2.75) is 6.54 Å². The zero-order valence-corrected chi connectivity index (χ0v) is 18.2. The summed E-state index contributed by atoms with van der Waals surface area (Å²) in [4.78, 5) is 25.0. The van der Waals surface area contributed by atoms with E-state index in [1.165, 1.54) is 0 Å². The molecule has 4 aromatic heterocycles. The molecule has 0 unspecified atom stereocenters. The van der Waals surface area contributed by atoms with Crippen LogP contribution in [0.15, 0.2) is 67.3 Å². The van der Waals surface area contributed by atoms with Gasteiger partial charge < -0.3 is 15.2 Å². The fourth-order valence-corrected chi connectivity index (χ4v) is 3.37. The van der Waals surface area contributed by atoms with Crippen LogP contribution in [-0.4, -0.2) is 57.6 Å². The van der Waals surface area contributed by atoms with E-state index in [4.69, 9.17) is 20.3 Å². The lowest BCUT2D eigenvalue weighted by atomic mass is 9.98. The number of hydrogen-bond donors (Lipinski definition) is 1. The van der Waals surface area contributed by atoms with E-state index < -0.39 is 5.91 Å². The van der Waals surface area contributed by atoms with Crippen molar-refractivity contribution in [3.05, 3.63) is 72.9 Å². The fraction of sp³-hybridized carbons (Fsp3) is 0.208. The Bertz CT molecular complexity index is 1210. The molecule has 168 valence electrons. The van der Waals surface area contributed by atoms with Crippen molar-refractivity contribution in [2.24, 2.45) is 5.73 Å². The van der Waals surface area contributed by atoms with Crippen LogP contribution in [0, 0.1) is 0 Å². The molecule has 9 nitrogen and oxygen atoms in total. The van der Waals surface area contributed by atoms with Gasteiger partial charge in [-0.25, -0.2) is 4.98 Å². The molecule has 4 aromatic rings. The van der Waals surface area contributed by atoms with Crippen LogP contribution in [0.4, 0.5) is 0 Å². The van der Waals surface area contributed by atoms with Crippen molar-refractivity contribution in [3.8, 4) is 33.8 Å². The second kappa shape index (κ2) is 10.6. The molecule has 0 bridgehead atoms. The highest BCUT2D eigenvalue weighted by Gasteiger charge is 2.20. The van der Waals surface area contributed by atoms with Crippen LogP contribution in [0.2, 0.25) is 0 Å². The number of amides is 1. The molecule has 1 amide bonds. The SMILES string of the molecule is COCCOCCn1cc(-c2ccc(C(N)=O)nc2-c2ccncc2)c(-c2ccccn2)n1. The molecule has 0 aliphatic heterocycles. The van der Waals surface area contributed by atoms with Crippen LogP contribution >= 0.6 is 0 Å². The number of ether oxygens (including phenoxy) is 2. The van der Waals surface area contributed by atoms with Crippen molar-refractivity contribution in [3.63, 3.8) is 0 Å². The van der Waals surface area contributed by atoms with Gasteiger partial charge in [-0.1, -0.05) is 6.07 Å². The molecule has 0 aliphatic rings. The van der Waals surface area contributed by atoms with E-state index in [2.05, 4.69) is 15.0 Å². The summed E-state index contributed by atoms with van der Waals surface area (Å²) in [6, 6.07) is 12.8. The molecular weight excluding hydrogens is 420 g/mol. The van der Waals surface area contributed by atoms with Gasteiger partial charge in [-0.05, 0) is 36.4 Å². The summed E-state index contributed by atoms with van der Waals surface area (Å²) in [5.41, 5.74) is 10.2. The number of carbonyl (C=O) groups is 1. The van der Waals surface area contributed by atoms with E-state index in [1.54, 1.807) is 31.8 Å². The summed E-state index contributed by atoms with van der Waals surface area (Å²) in [6.07, 6.45) is 7.02. The second-order valence-corrected chi connectivity index (χ2v) is 7.17. The van der Waals surface area contributed by atoms with Gasteiger partial charge in [0.2, 0.25) is 0 Å². The van der Waals surface area contributed by atoms with Gasteiger partial charge in [0.05, 0.1) is 37.8 Å². The number of pyridine rings is 3. The van der Waals surface area contributed by atoms with Gasteiger partial charge in [-0.15, -0.1) is 0 Å². The normalized spacial score (nSPS) is 10.9. The number of primary amides is 1. The topological polar surface area (TPSA) is 118 Å². The Morgan fingerprint density at radius 1 is 0.970 bits per heavy atom. The van der Waals surface area contributed by atoms with Gasteiger partial charge in [0.15, 0.2) is 0 Å². The van der Waals surface area contributed by atoms with Crippen molar-refractivity contribution in [2.75, 3.05) is 26.9 Å². The van der Waals surface area contributed by atoms with Crippen LogP contribution in [0.25, 0.3) is 33.8 Å². The number of methoxy groups -OCH3 is 1. The number of nitrogens with two attached hydrogens (primary N) is 1. The molecule has 0 fully saturated rings. The molecule has 0 aromatic carbocycles. The zero-order valence-electron chi connectivity index (χ0n) is 18.2. The first-order chi connectivity index (χ1) is 16.2. The molecule has 0 saturated heterocycles. The van der Waals surface area contributed by atoms with E-state index in [0.29, 0.717) is 37.8 Å². The highest BCUT2D eigenvalue weighted by Crippen LogP contribution is 2.36. The van der Waals surface area contributed by atoms with Crippen LogP contribution in [0.1, 0.15) is 10.5 Å². The minimum atomic E-state index is -0.592. The van der Waals surface area contributed by atoms with E-state index >= 15 is 0 Å². The number of hydrogen-bond acceptors (Lipinski definition) is 7. The molecular formula is C24H24N6O3. The minimum absolute atomic E-state index is 0.184. The largest absolute Gasteiger partial charge is 0.382 e. The maximum Gasteiger partial charge on any atom is 0.267 e. The van der Waals surface area contributed by atoms with Crippen molar-refractivity contribution < 1.29 is 14.3 Å². The smallest absolute Gasteiger partial charge is 0.267 e. The molecule has 0 atom stereocenters. The fourth-order valence-electron chi connectivity index (χ4n) is 3.37. The second-order valence-electron chi connectivity index (χ2n) is 7.17. The van der Waals surface area contributed by atoms with Crippen LogP contribution in [0.5, 0.6) is 0 Å². The third-order valence-corrected chi connectivity index (χ3v) is 4.96. The zero-order chi connectivity index (χ0) is 23.0. The Morgan fingerprint density at radius 3 is 2.55 bits per heavy atom. The maximum absolute atomic E-state index is 11.8. The summed E-state index contributed by atoms with van der Waals surface area (Å²) >= 11 is 0. The first kappa shape index (κ1) is 22.3. The summed E-state index contributed by atoms with van der Waals surface area (Å²) in [5, 5.41) is 4.78. The van der Waals surface area contributed by atoms with Gasteiger partial charge in [0.25, 0.3) is 5.91 Å². The van der Waals surface area contributed by atoms with Crippen LogP contribution < -0.4 is 5.73 Å². The molecule has 4 heterocycles. The van der Waals surface area contributed by atoms with Gasteiger partial charge >= 0.3 is 0 Å². The average Bonchev–Trinajstić information content (AvgIpc) is 3.28. The minimum Gasteiger partial charge on any atom is -0.382 e. The summed E-state index contributed by atoms with van der Waals surface area (Å²) in [7, 11) is 1.64. The third-order valence-electron chi connectivity index (χ3n) is 4.96. The molecule has 2 N–H and O–H groups in total. The first-order valence-corrected chi connectivity index (χ1v) is 10.4. The number of rotatable bonds is 10. The monoisotopic (exact) mass is 444 g/mol. The highest BCUT2D eigenvalue weighted by atomic mass is 16.5. The van der Waals surface area contributed by atoms with E-state index in [9.17, 15) is 4.79 Å². The maximum atomic E-state index is 11.8. The Balaban J connectivity index is 1.79. The molecule has 4 rings (SSSR count). The number of carbonyl (C=O) groups excluding carboxylic acids is 1. The molecule has 0 radical (unpaired) electrons. The van der Waals surface area contributed by atoms with Crippen molar-refractivity contribution in [1.29, 1.82) is 0 Å². The molecule has 0 aliphatic carbocycles. The van der Waals surface area contributed by atoms with Crippen molar-refractivity contribution >= 4 is 5.91 Å². The van der Waals surface area contributed by atoms with Gasteiger partial charge in [0.1, 0.15) is 11.4 Å². The lowest BCUT2D eigenvalue weighted by molar-refractivity contribution is 0.0654. The van der Waals surface area contributed by atoms with E-state index in [-0.39, 0.29) is 5.69 Å². The van der Waals surface area contributed by atoms with Gasteiger partial charge in [-0.2, -0.15) is 5.10 Å². The van der Waals surface area contributed by atoms with Crippen molar-refractivity contribution in [1.82, 2.24) is 24.7 Å². The first-order valence-electron chi connectivity index (χ1n) is 10.4.